The molecular weight excluding hydrogens is 346 g/mol. The van der Waals surface area contributed by atoms with Crippen LogP contribution in [0, 0.1) is 30.1 Å². The first-order valence-corrected chi connectivity index (χ1v) is 9.02. The molecule has 0 N–H and O–H groups in total. The maximum atomic E-state index is 12.5. The van der Waals surface area contributed by atoms with Crippen LogP contribution in [0.1, 0.15) is 41.9 Å². The summed E-state index contributed by atoms with van der Waals surface area (Å²) in [4.78, 5) is 26.7. The molecule has 1 amide bonds. The van der Waals surface area contributed by atoms with Gasteiger partial charge in [0.2, 0.25) is 5.88 Å². The van der Waals surface area contributed by atoms with E-state index in [4.69, 9.17) is 9.15 Å². The van der Waals surface area contributed by atoms with E-state index in [1.165, 1.54) is 0 Å². The number of carbonyl (C=O) groups excluding carboxylic acids is 2. The minimum absolute atomic E-state index is 0.0642. The Kier molecular flexibility index (Phi) is 5.36. The number of hydrogen-bond donors (Lipinski definition) is 0. The van der Waals surface area contributed by atoms with E-state index in [9.17, 15) is 14.9 Å². The fourth-order valence-electron chi connectivity index (χ4n) is 3.69. The van der Waals surface area contributed by atoms with Crippen molar-refractivity contribution in [2.24, 2.45) is 11.8 Å². The van der Waals surface area contributed by atoms with Crippen molar-refractivity contribution in [2.75, 3.05) is 19.7 Å². The Morgan fingerprint density at radius 1 is 1.26 bits per heavy atom. The molecular formula is C20H23N3O4. The first-order valence-electron chi connectivity index (χ1n) is 9.02. The summed E-state index contributed by atoms with van der Waals surface area (Å²) >= 11 is 0. The number of furan rings is 1. The van der Waals surface area contributed by atoms with Gasteiger partial charge in [-0.3, -0.25) is 9.36 Å². The van der Waals surface area contributed by atoms with Gasteiger partial charge in [0.25, 0.3) is 5.91 Å². The van der Waals surface area contributed by atoms with E-state index in [1.54, 1.807) is 40.9 Å². The molecule has 0 radical (unpaired) electrons. The summed E-state index contributed by atoms with van der Waals surface area (Å²) in [5, 5.41) is 9.49. The number of aryl methyl sites for hydroxylation is 1. The van der Waals surface area contributed by atoms with Crippen molar-refractivity contribution < 1.29 is 18.7 Å². The number of hydrogen-bond acceptors (Lipinski definition) is 5. The summed E-state index contributed by atoms with van der Waals surface area (Å²) in [5.41, 5.74) is 0.163. The molecule has 2 aromatic heterocycles. The Morgan fingerprint density at radius 3 is 2.48 bits per heavy atom. The highest BCUT2D eigenvalue weighted by atomic mass is 16.5. The van der Waals surface area contributed by atoms with Crippen molar-refractivity contribution >= 4 is 11.9 Å². The van der Waals surface area contributed by atoms with E-state index in [0.29, 0.717) is 24.9 Å². The van der Waals surface area contributed by atoms with Crippen LogP contribution in [0.3, 0.4) is 0 Å². The van der Waals surface area contributed by atoms with Gasteiger partial charge in [-0.05, 0) is 37.3 Å². The van der Waals surface area contributed by atoms with Crippen molar-refractivity contribution in [3.05, 3.63) is 41.4 Å². The van der Waals surface area contributed by atoms with Gasteiger partial charge < -0.3 is 14.1 Å². The zero-order valence-electron chi connectivity index (χ0n) is 15.8. The highest BCUT2D eigenvalue weighted by Gasteiger charge is 2.29. The Bertz CT molecular complexity index is 866. The first-order chi connectivity index (χ1) is 12.9. The molecule has 1 fully saturated rings. The normalized spacial score (nSPS) is 19.6. The maximum absolute atomic E-state index is 12.5. The summed E-state index contributed by atoms with van der Waals surface area (Å²) < 4.78 is 12.4. The minimum Gasteiger partial charge on any atom is -0.452 e. The van der Waals surface area contributed by atoms with Gasteiger partial charge in [-0.1, -0.05) is 13.8 Å². The molecule has 1 aliphatic rings. The number of nitrogens with zero attached hydrogens (tertiary/aromatic N) is 3. The Labute approximate surface area is 158 Å². The predicted molar refractivity (Wildman–Crippen MR) is 97.3 cm³/mol. The van der Waals surface area contributed by atoms with Gasteiger partial charge in [0, 0.05) is 25.5 Å². The van der Waals surface area contributed by atoms with E-state index >= 15 is 0 Å². The lowest BCUT2D eigenvalue weighted by Crippen LogP contribution is -2.44. The van der Waals surface area contributed by atoms with Crippen LogP contribution in [0.5, 0.6) is 0 Å². The van der Waals surface area contributed by atoms with Gasteiger partial charge in [0.05, 0.1) is 0 Å². The topological polar surface area (TPSA) is 88.5 Å². The van der Waals surface area contributed by atoms with Gasteiger partial charge in [0.15, 0.2) is 6.61 Å². The lowest BCUT2D eigenvalue weighted by atomic mass is 9.92. The monoisotopic (exact) mass is 369 g/mol. The third kappa shape index (κ3) is 3.90. The van der Waals surface area contributed by atoms with Crippen molar-refractivity contribution in [1.29, 1.82) is 5.26 Å². The zero-order chi connectivity index (χ0) is 19.6. The molecule has 2 aromatic rings. The molecule has 1 saturated heterocycles. The van der Waals surface area contributed by atoms with Crippen molar-refractivity contribution in [3.63, 3.8) is 0 Å². The van der Waals surface area contributed by atoms with Gasteiger partial charge in [-0.25, -0.2) is 4.79 Å². The fourth-order valence-corrected chi connectivity index (χ4v) is 3.69. The van der Waals surface area contributed by atoms with Crippen LogP contribution in [0.2, 0.25) is 0 Å². The average Bonchev–Trinajstić information content (AvgIpc) is 3.25. The first kappa shape index (κ1) is 18.8. The van der Waals surface area contributed by atoms with Gasteiger partial charge in [-0.15, -0.1) is 0 Å². The number of aromatic nitrogens is 1. The molecule has 27 heavy (non-hydrogen) atoms. The number of ether oxygens (including phenoxy) is 1. The van der Waals surface area contributed by atoms with Crippen molar-refractivity contribution in [2.45, 2.75) is 27.2 Å². The molecule has 142 valence electrons. The number of esters is 1. The SMILES string of the molecule is Cc1oc(-n2cccc2)c(C#N)c1C(=O)OCC(=O)N1C[C@@H](C)C[C@H](C)C1. The summed E-state index contributed by atoms with van der Waals surface area (Å²) in [6, 6.07) is 5.58. The number of piperidine rings is 1. The lowest BCUT2D eigenvalue weighted by Gasteiger charge is -2.34. The Morgan fingerprint density at radius 2 is 1.89 bits per heavy atom. The fraction of sp³-hybridized carbons (Fsp3) is 0.450. The third-order valence-electron chi connectivity index (χ3n) is 4.77. The second-order valence-corrected chi connectivity index (χ2v) is 7.24. The molecule has 3 rings (SSSR count). The number of carbonyl (C=O) groups is 2. The second-order valence-electron chi connectivity index (χ2n) is 7.24. The molecule has 7 heteroatoms. The minimum atomic E-state index is -0.724. The van der Waals surface area contributed by atoms with E-state index in [-0.39, 0.29) is 35.3 Å². The molecule has 0 bridgehead atoms. The van der Waals surface area contributed by atoms with Gasteiger partial charge in [0.1, 0.15) is 23.0 Å². The molecule has 0 aromatic carbocycles. The van der Waals surface area contributed by atoms with E-state index in [1.807, 2.05) is 6.07 Å². The van der Waals surface area contributed by atoms with Crippen LogP contribution in [0.4, 0.5) is 0 Å². The summed E-state index contributed by atoms with van der Waals surface area (Å²) in [7, 11) is 0. The van der Waals surface area contributed by atoms with Crippen LogP contribution < -0.4 is 0 Å². The summed E-state index contributed by atoms with van der Waals surface area (Å²) in [5.74, 6) is 0.465. The predicted octanol–water partition coefficient (Wildman–Crippen LogP) is 2.91. The Hall–Kier alpha value is -3.01. The summed E-state index contributed by atoms with van der Waals surface area (Å²) in [6.45, 7) is 6.82. The van der Waals surface area contributed by atoms with Gasteiger partial charge >= 0.3 is 5.97 Å². The summed E-state index contributed by atoms with van der Waals surface area (Å²) in [6.07, 6.45) is 4.53. The van der Waals surface area contributed by atoms with Crippen molar-refractivity contribution in [3.8, 4) is 12.0 Å². The van der Waals surface area contributed by atoms with Crippen LogP contribution in [0.25, 0.3) is 5.88 Å². The van der Waals surface area contributed by atoms with Crippen LogP contribution in [-0.2, 0) is 9.53 Å². The molecule has 0 aliphatic carbocycles. The van der Waals surface area contributed by atoms with E-state index in [0.717, 1.165) is 6.42 Å². The number of nitriles is 1. The molecule has 1 aliphatic heterocycles. The Balaban J connectivity index is 1.72. The molecule has 0 spiro atoms. The second kappa shape index (κ2) is 7.70. The van der Waals surface area contributed by atoms with Crippen LogP contribution in [-0.4, -0.2) is 41.0 Å². The maximum Gasteiger partial charge on any atom is 0.343 e. The van der Waals surface area contributed by atoms with Gasteiger partial charge in [-0.2, -0.15) is 5.26 Å². The highest BCUT2D eigenvalue weighted by Crippen LogP contribution is 2.26. The number of amides is 1. The van der Waals surface area contributed by atoms with Crippen molar-refractivity contribution in [1.82, 2.24) is 9.47 Å². The number of rotatable bonds is 4. The smallest absolute Gasteiger partial charge is 0.343 e. The average molecular weight is 369 g/mol. The quantitative estimate of drug-likeness (QED) is 0.773. The molecule has 7 nitrogen and oxygen atoms in total. The van der Waals surface area contributed by atoms with Crippen LogP contribution in [0.15, 0.2) is 28.9 Å². The molecule has 0 unspecified atom stereocenters. The number of likely N-dealkylation sites (tertiary alicyclic amines) is 1. The molecule has 0 saturated carbocycles. The van der Waals surface area contributed by atoms with E-state index < -0.39 is 5.97 Å². The third-order valence-corrected chi connectivity index (χ3v) is 4.77. The zero-order valence-corrected chi connectivity index (χ0v) is 15.8. The van der Waals surface area contributed by atoms with Crippen LogP contribution >= 0.6 is 0 Å². The standard InChI is InChI=1S/C20H23N3O4/c1-13-8-14(2)11-23(10-13)17(24)12-26-20(25)18-15(3)27-19(16(18)9-21)22-6-4-5-7-22/h4-7,13-14H,8,10-12H2,1-3H3/t13-,14-/m0/s1. The molecule has 2 atom stereocenters. The highest BCUT2D eigenvalue weighted by molar-refractivity contribution is 5.95. The van der Waals surface area contributed by atoms with E-state index in [2.05, 4.69) is 13.8 Å². The largest absolute Gasteiger partial charge is 0.452 e. The lowest BCUT2D eigenvalue weighted by molar-refractivity contribution is -0.137. The molecule has 3 heterocycles.